The van der Waals surface area contributed by atoms with Crippen LogP contribution >= 0.6 is 0 Å². The molecule has 2 heteroatoms. The van der Waals surface area contributed by atoms with Crippen LogP contribution in [0.3, 0.4) is 0 Å². The molecule has 1 saturated carbocycles. The molecule has 1 aliphatic carbocycles. The second-order valence-corrected chi connectivity index (χ2v) is 5.91. The maximum absolute atomic E-state index is 6.05. The lowest BCUT2D eigenvalue weighted by molar-refractivity contribution is 0.248. The minimum absolute atomic E-state index is 0.173. The molecule has 0 atom stereocenters. The summed E-state index contributed by atoms with van der Waals surface area (Å²) in [5.74, 6) is 0. The fraction of sp³-hybridized carbons (Fsp3) is 1.00. The first-order valence-electron chi connectivity index (χ1n) is 5.28. The Hall–Kier alpha value is -0.0800. The molecule has 0 radical (unpaired) electrons. The number of hydrogen-bond acceptors (Lipinski definition) is 2. The topological polar surface area (TPSA) is 29.3 Å². The van der Waals surface area contributed by atoms with Crippen LogP contribution in [0.2, 0.25) is 0 Å². The van der Waals surface area contributed by atoms with Gasteiger partial charge in [0.15, 0.2) is 0 Å². The quantitative estimate of drug-likeness (QED) is 0.722. The molecule has 0 unspecified atom stereocenters. The molecule has 2 N–H and O–H groups in total. The van der Waals surface area contributed by atoms with E-state index in [-0.39, 0.29) is 5.54 Å². The minimum Gasteiger partial charge on any atom is -0.324 e. The van der Waals surface area contributed by atoms with Gasteiger partial charge in [-0.3, -0.25) is 0 Å². The Bertz CT molecular complexity index is 165. The van der Waals surface area contributed by atoms with Crippen LogP contribution in [0, 0.1) is 5.41 Å². The van der Waals surface area contributed by atoms with Crippen molar-refractivity contribution in [3.63, 3.8) is 0 Å². The molecule has 0 spiro atoms. The van der Waals surface area contributed by atoms with Crippen molar-refractivity contribution in [2.45, 2.75) is 45.6 Å². The van der Waals surface area contributed by atoms with Crippen molar-refractivity contribution in [2.75, 3.05) is 20.1 Å². The fourth-order valence-electron chi connectivity index (χ4n) is 1.46. The Morgan fingerprint density at radius 2 is 1.85 bits per heavy atom. The molecule has 0 aliphatic heterocycles. The van der Waals surface area contributed by atoms with E-state index in [1.807, 2.05) is 0 Å². The number of rotatable bonds is 4. The third-order valence-electron chi connectivity index (χ3n) is 2.72. The number of likely N-dealkylation sites (N-methyl/N-ethyl adjacent to an activating group) is 1. The number of nitrogens with two attached hydrogens (primary N) is 1. The van der Waals surface area contributed by atoms with Crippen molar-refractivity contribution in [1.82, 2.24) is 4.90 Å². The van der Waals surface area contributed by atoms with Crippen LogP contribution in [0.15, 0.2) is 0 Å². The molecular weight excluding hydrogens is 160 g/mol. The molecule has 0 aromatic carbocycles. The van der Waals surface area contributed by atoms with E-state index in [4.69, 9.17) is 5.73 Å². The lowest BCUT2D eigenvalue weighted by atomic mass is 9.92. The summed E-state index contributed by atoms with van der Waals surface area (Å²) in [6, 6.07) is 0. The van der Waals surface area contributed by atoms with Gasteiger partial charge in [-0.2, -0.15) is 0 Å². The van der Waals surface area contributed by atoms with Gasteiger partial charge in [0.2, 0.25) is 0 Å². The molecular formula is C11H24N2. The zero-order valence-corrected chi connectivity index (χ0v) is 9.56. The minimum atomic E-state index is 0.173. The zero-order valence-electron chi connectivity index (χ0n) is 9.56. The predicted octanol–water partition coefficient (Wildman–Crippen LogP) is 1.85. The summed E-state index contributed by atoms with van der Waals surface area (Å²) in [4.78, 5) is 2.37. The van der Waals surface area contributed by atoms with Crippen molar-refractivity contribution in [3.05, 3.63) is 0 Å². The first-order valence-corrected chi connectivity index (χ1v) is 5.28. The molecule has 0 aromatic rings. The summed E-state index contributed by atoms with van der Waals surface area (Å²) < 4.78 is 0. The Balaban J connectivity index is 2.14. The van der Waals surface area contributed by atoms with E-state index in [1.54, 1.807) is 0 Å². The summed E-state index contributed by atoms with van der Waals surface area (Å²) in [5, 5.41) is 0. The van der Waals surface area contributed by atoms with Crippen molar-refractivity contribution in [2.24, 2.45) is 11.1 Å². The number of nitrogens with zero attached hydrogens (tertiary/aromatic N) is 1. The van der Waals surface area contributed by atoms with Crippen molar-refractivity contribution < 1.29 is 0 Å². The van der Waals surface area contributed by atoms with Crippen molar-refractivity contribution >= 4 is 0 Å². The van der Waals surface area contributed by atoms with Crippen LogP contribution in [-0.4, -0.2) is 30.6 Å². The van der Waals surface area contributed by atoms with Gasteiger partial charge in [-0.25, -0.2) is 0 Å². The lowest BCUT2D eigenvalue weighted by Crippen LogP contribution is -2.38. The average molecular weight is 184 g/mol. The van der Waals surface area contributed by atoms with Crippen LogP contribution in [0.25, 0.3) is 0 Å². The van der Waals surface area contributed by atoms with Crippen LogP contribution in [0.4, 0.5) is 0 Å². The molecule has 0 bridgehead atoms. The molecule has 0 aromatic heterocycles. The highest BCUT2D eigenvalue weighted by molar-refractivity contribution is 5.00. The normalized spacial score (nSPS) is 20.8. The molecule has 0 amide bonds. The SMILES string of the molecule is CN(CCC(C)(C)C)CC1(N)CC1. The first-order chi connectivity index (χ1) is 5.81. The molecule has 0 heterocycles. The van der Waals surface area contributed by atoms with Crippen LogP contribution < -0.4 is 5.73 Å². The van der Waals surface area contributed by atoms with Crippen LogP contribution in [0.5, 0.6) is 0 Å². The van der Waals surface area contributed by atoms with E-state index in [9.17, 15) is 0 Å². The van der Waals surface area contributed by atoms with Gasteiger partial charge in [-0.15, -0.1) is 0 Å². The van der Waals surface area contributed by atoms with Crippen molar-refractivity contribution in [3.8, 4) is 0 Å². The third kappa shape index (κ3) is 4.63. The highest BCUT2D eigenvalue weighted by atomic mass is 15.1. The van der Waals surface area contributed by atoms with E-state index in [2.05, 4.69) is 32.7 Å². The Morgan fingerprint density at radius 3 is 2.23 bits per heavy atom. The molecule has 78 valence electrons. The summed E-state index contributed by atoms with van der Waals surface area (Å²) in [7, 11) is 2.18. The number of hydrogen-bond donors (Lipinski definition) is 1. The molecule has 1 rings (SSSR count). The van der Waals surface area contributed by atoms with Crippen LogP contribution in [-0.2, 0) is 0 Å². The second-order valence-electron chi connectivity index (χ2n) is 5.91. The van der Waals surface area contributed by atoms with E-state index < -0.39 is 0 Å². The molecule has 1 fully saturated rings. The Labute approximate surface area is 82.5 Å². The smallest absolute Gasteiger partial charge is 0.0284 e. The summed E-state index contributed by atoms with van der Waals surface area (Å²) in [5.41, 5.74) is 6.66. The van der Waals surface area contributed by atoms with E-state index >= 15 is 0 Å². The predicted molar refractivity (Wildman–Crippen MR) is 57.7 cm³/mol. The average Bonchev–Trinajstić information content (AvgIpc) is 2.62. The van der Waals surface area contributed by atoms with Gasteiger partial charge >= 0.3 is 0 Å². The van der Waals surface area contributed by atoms with E-state index in [0.29, 0.717) is 5.41 Å². The van der Waals surface area contributed by atoms with Gasteiger partial charge in [0.05, 0.1) is 0 Å². The van der Waals surface area contributed by atoms with Crippen molar-refractivity contribution in [1.29, 1.82) is 0 Å². The molecule has 2 nitrogen and oxygen atoms in total. The van der Waals surface area contributed by atoms with Gasteiger partial charge in [0.25, 0.3) is 0 Å². The Kier molecular flexibility index (Phi) is 3.03. The fourth-order valence-corrected chi connectivity index (χ4v) is 1.46. The van der Waals surface area contributed by atoms with Gasteiger partial charge in [0.1, 0.15) is 0 Å². The van der Waals surface area contributed by atoms with Gasteiger partial charge in [-0.05, 0) is 38.3 Å². The maximum Gasteiger partial charge on any atom is 0.0284 e. The molecule has 0 saturated heterocycles. The summed E-state index contributed by atoms with van der Waals surface area (Å²) in [6.07, 6.45) is 3.68. The standard InChI is InChI=1S/C11H24N2/c1-10(2,3)7-8-13(4)9-11(12)5-6-11/h5-9,12H2,1-4H3. The van der Waals surface area contributed by atoms with E-state index in [0.717, 1.165) is 6.54 Å². The van der Waals surface area contributed by atoms with E-state index in [1.165, 1.54) is 25.8 Å². The first kappa shape index (κ1) is 11.0. The van der Waals surface area contributed by atoms with Gasteiger partial charge < -0.3 is 10.6 Å². The van der Waals surface area contributed by atoms with Gasteiger partial charge in [0, 0.05) is 12.1 Å². The third-order valence-corrected chi connectivity index (χ3v) is 2.72. The lowest BCUT2D eigenvalue weighted by Gasteiger charge is -2.25. The molecule has 1 aliphatic rings. The monoisotopic (exact) mass is 184 g/mol. The second kappa shape index (κ2) is 3.58. The molecule has 13 heavy (non-hydrogen) atoms. The van der Waals surface area contributed by atoms with Gasteiger partial charge in [-0.1, -0.05) is 20.8 Å². The Morgan fingerprint density at radius 1 is 1.31 bits per heavy atom. The zero-order chi connectivity index (χ0) is 10.1. The maximum atomic E-state index is 6.05. The van der Waals surface area contributed by atoms with Crippen LogP contribution in [0.1, 0.15) is 40.0 Å². The highest BCUT2D eigenvalue weighted by Crippen LogP contribution is 2.32. The summed E-state index contributed by atoms with van der Waals surface area (Å²) >= 11 is 0. The highest BCUT2D eigenvalue weighted by Gasteiger charge is 2.38. The largest absolute Gasteiger partial charge is 0.324 e. The summed E-state index contributed by atoms with van der Waals surface area (Å²) in [6.45, 7) is 9.11.